The molecule has 0 aliphatic heterocycles. The topological polar surface area (TPSA) is 82.3 Å². The van der Waals surface area contributed by atoms with Crippen molar-refractivity contribution >= 4 is 17.5 Å². The SMILES string of the molecule is N#Cc1c(Cl)cccc1Oc1cccc(C(=O)NCCCO)c1. The highest BCUT2D eigenvalue weighted by molar-refractivity contribution is 6.31. The third-order valence-corrected chi connectivity index (χ3v) is 3.35. The summed E-state index contributed by atoms with van der Waals surface area (Å²) in [7, 11) is 0. The van der Waals surface area contributed by atoms with Crippen LogP contribution < -0.4 is 10.1 Å². The van der Waals surface area contributed by atoms with Crippen LogP contribution in [0.5, 0.6) is 11.5 Å². The van der Waals surface area contributed by atoms with Gasteiger partial charge in [0.25, 0.3) is 5.91 Å². The van der Waals surface area contributed by atoms with E-state index < -0.39 is 0 Å². The molecule has 0 atom stereocenters. The molecule has 1 amide bonds. The average Bonchev–Trinajstić information content (AvgIpc) is 2.55. The molecule has 0 unspecified atom stereocenters. The highest BCUT2D eigenvalue weighted by Crippen LogP contribution is 2.30. The van der Waals surface area contributed by atoms with E-state index in [0.717, 1.165) is 0 Å². The largest absolute Gasteiger partial charge is 0.456 e. The Labute approximate surface area is 139 Å². The average molecular weight is 331 g/mol. The van der Waals surface area contributed by atoms with Gasteiger partial charge in [-0.05, 0) is 36.8 Å². The standard InChI is InChI=1S/C17H15ClN2O3/c18-15-6-2-7-16(14(15)11-19)23-13-5-1-4-12(10-13)17(22)20-8-3-9-21/h1-2,4-7,10,21H,3,8-9H2,(H,20,22). The minimum atomic E-state index is -0.254. The molecule has 2 aromatic carbocycles. The second kappa shape index (κ2) is 8.18. The summed E-state index contributed by atoms with van der Waals surface area (Å²) in [5.41, 5.74) is 0.674. The maximum absolute atomic E-state index is 12.0. The Morgan fingerprint density at radius 2 is 2.09 bits per heavy atom. The van der Waals surface area contributed by atoms with Gasteiger partial charge in [0.05, 0.1) is 5.02 Å². The number of nitrogens with one attached hydrogen (secondary N) is 1. The molecule has 0 aliphatic rings. The van der Waals surface area contributed by atoms with Crippen LogP contribution in [0.1, 0.15) is 22.3 Å². The number of nitriles is 1. The monoisotopic (exact) mass is 330 g/mol. The number of benzene rings is 2. The number of halogens is 1. The Bertz CT molecular complexity index is 741. The van der Waals surface area contributed by atoms with Gasteiger partial charge < -0.3 is 15.2 Å². The summed E-state index contributed by atoms with van der Waals surface area (Å²) in [6, 6.07) is 13.5. The molecule has 0 aromatic heterocycles. The van der Waals surface area contributed by atoms with Crippen LogP contribution in [0.25, 0.3) is 0 Å². The zero-order valence-corrected chi connectivity index (χ0v) is 13.0. The smallest absolute Gasteiger partial charge is 0.251 e. The minimum Gasteiger partial charge on any atom is -0.456 e. The highest BCUT2D eigenvalue weighted by atomic mass is 35.5. The Hall–Kier alpha value is -2.55. The highest BCUT2D eigenvalue weighted by Gasteiger charge is 2.10. The van der Waals surface area contributed by atoms with E-state index in [1.165, 1.54) is 0 Å². The summed E-state index contributed by atoms with van der Waals surface area (Å²) in [5.74, 6) is 0.506. The van der Waals surface area contributed by atoms with Gasteiger partial charge in [0.2, 0.25) is 0 Å². The predicted molar refractivity (Wildman–Crippen MR) is 86.7 cm³/mol. The number of ether oxygens (including phenoxy) is 1. The molecule has 0 saturated heterocycles. The number of aliphatic hydroxyl groups excluding tert-OH is 1. The van der Waals surface area contributed by atoms with Crippen molar-refractivity contribution in [2.45, 2.75) is 6.42 Å². The third-order valence-electron chi connectivity index (χ3n) is 3.03. The third kappa shape index (κ3) is 4.46. The van der Waals surface area contributed by atoms with Crippen molar-refractivity contribution in [3.05, 3.63) is 58.6 Å². The second-order valence-corrected chi connectivity index (χ2v) is 5.09. The fraction of sp³-hybridized carbons (Fsp3) is 0.176. The molecule has 0 fully saturated rings. The lowest BCUT2D eigenvalue weighted by Gasteiger charge is -2.10. The molecule has 0 heterocycles. The lowest BCUT2D eigenvalue weighted by Crippen LogP contribution is -2.24. The first-order chi connectivity index (χ1) is 11.2. The van der Waals surface area contributed by atoms with Crippen LogP contribution >= 0.6 is 11.6 Å². The zero-order valence-electron chi connectivity index (χ0n) is 12.3. The van der Waals surface area contributed by atoms with Crippen LogP contribution in [0.3, 0.4) is 0 Å². The molecule has 23 heavy (non-hydrogen) atoms. The molecule has 2 rings (SSSR count). The summed E-state index contributed by atoms with van der Waals surface area (Å²) >= 11 is 5.96. The molecule has 0 spiro atoms. The maximum Gasteiger partial charge on any atom is 0.251 e. The van der Waals surface area contributed by atoms with Crippen molar-refractivity contribution in [2.24, 2.45) is 0 Å². The van der Waals surface area contributed by atoms with Crippen molar-refractivity contribution < 1.29 is 14.6 Å². The van der Waals surface area contributed by atoms with Gasteiger partial charge in [-0.2, -0.15) is 5.26 Å². The van der Waals surface area contributed by atoms with E-state index in [-0.39, 0.29) is 18.1 Å². The molecular weight excluding hydrogens is 316 g/mol. The Morgan fingerprint density at radius 3 is 2.83 bits per heavy atom. The van der Waals surface area contributed by atoms with Crippen LogP contribution in [-0.2, 0) is 0 Å². The van der Waals surface area contributed by atoms with Gasteiger partial charge in [-0.3, -0.25) is 4.79 Å². The summed E-state index contributed by atoms with van der Waals surface area (Å²) in [6.45, 7) is 0.419. The molecule has 5 nitrogen and oxygen atoms in total. The normalized spacial score (nSPS) is 9.96. The first-order valence-corrected chi connectivity index (χ1v) is 7.39. The lowest BCUT2D eigenvalue weighted by molar-refractivity contribution is 0.0951. The Kier molecular flexibility index (Phi) is 5.98. The molecular formula is C17H15ClN2O3. The van der Waals surface area contributed by atoms with Gasteiger partial charge in [0.15, 0.2) is 0 Å². The van der Waals surface area contributed by atoms with Crippen LogP contribution in [0.4, 0.5) is 0 Å². The van der Waals surface area contributed by atoms with Crippen molar-refractivity contribution in [3.63, 3.8) is 0 Å². The summed E-state index contributed by atoms with van der Waals surface area (Å²) < 4.78 is 5.67. The summed E-state index contributed by atoms with van der Waals surface area (Å²) in [4.78, 5) is 12.0. The Balaban J connectivity index is 2.16. The van der Waals surface area contributed by atoms with E-state index in [1.807, 2.05) is 6.07 Å². The summed E-state index contributed by atoms with van der Waals surface area (Å²) in [6.07, 6.45) is 0.496. The number of hydrogen-bond donors (Lipinski definition) is 2. The lowest BCUT2D eigenvalue weighted by atomic mass is 10.2. The number of amides is 1. The number of aliphatic hydroxyl groups is 1. The van der Waals surface area contributed by atoms with E-state index in [1.54, 1.807) is 42.5 Å². The molecule has 0 aliphatic carbocycles. The predicted octanol–water partition coefficient (Wildman–Crippen LogP) is 3.12. The van der Waals surface area contributed by atoms with Gasteiger partial charge in [-0.1, -0.05) is 23.7 Å². The zero-order chi connectivity index (χ0) is 16.7. The van der Waals surface area contributed by atoms with Crippen molar-refractivity contribution in [2.75, 3.05) is 13.2 Å². The molecule has 2 N–H and O–H groups in total. The van der Waals surface area contributed by atoms with E-state index in [4.69, 9.17) is 26.7 Å². The van der Waals surface area contributed by atoms with E-state index >= 15 is 0 Å². The molecule has 0 saturated carbocycles. The van der Waals surface area contributed by atoms with Crippen molar-refractivity contribution in [1.82, 2.24) is 5.32 Å². The first-order valence-electron chi connectivity index (χ1n) is 7.01. The molecule has 0 bridgehead atoms. The molecule has 2 aromatic rings. The number of carbonyl (C=O) groups excluding carboxylic acids is 1. The minimum absolute atomic E-state index is 0.0230. The second-order valence-electron chi connectivity index (χ2n) is 4.69. The quantitative estimate of drug-likeness (QED) is 0.797. The van der Waals surface area contributed by atoms with Gasteiger partial charge in [0.1, 0.15) is 23.1 Å². The maximum atomic E-state index is 12.0. The first kappa shape index (κ1) is 16.8. The fourth-order valence-electron chi connectivity index (χ4n) is 1.91. The number of hydrogen-bond acceptors (Lipinski definition) is 4. The molecule has 0 radical (unpaired) electrons. The fourth-order valence-corrected chi connectivity index (χ4v) is 2.12. The van der Waals surface area contributed by atoms with Crippen LogP contribution in [-0.4, -0.2) is 24.2 Å². The van der Waals surface area contributed by atoms with Crippen LogP contribution in [0, 0.1) is 11.3 Å². The number of carbonyl (C=O) groups is 1. The number of nitrogens with zero attached hydrogens (tertiary/aromatic N) is 1. The van der Waals surface area contributed by atoms with Crippen molar-refractivity contribution in [1.29, 1.82) is 5.26 Å². The number of rotatable bonds is 6. The van der Waals surface area contributed by atoms with Gasteiger partial charge in [-0.15, -0.1) is 0 Å². The van der Waals surface area contributed by atoms with Crippen LogP contribution in [0.2, 0.25) is 5.02 Å². The van der Waals surface area contributed by atoms with E-state index in [9.17, 15) is 4.79 Å². The summed E-state index contributed by atoms with van der Waals surface area (Å²) in [5, 5.41) is 20.9. The van der Waals surface area contributed by atoms with E-state index in [2.05, 4.69) is 5.32 Å². The van der Waals surface area contributed by atoms with Gasteiger partial charge >= 0.3 is 0 Å². The molecule has 6 heteroatoms. The van der Waals surface area contributed by atoms with Crippen molar-refractivity contribution in [3.8, 4) is 17.6 Å². The van der Waals surface area contributed by atoms with Gasteiger partial charge in [-0.25, -0.2) is 0 Å². The van der Waals surface area contributed by atoms with E-state index in [0.29, 0.717) is 35.1 Å². The van der Waals surface area contributed by atoms with Crippen LogP contribution in [0.15, 0.2) is 42.5 Å². The van der Waals surface area contributed by atoms with Gasteiger partial charge in [0, 0.05) is 18.7 Å². The Morgan fingerprint density at radius 1 is 1.30 bits per heavy atom. The molecule has 118 valence electrons.